The largest absolute Gasteiger partial charge is 0.370 e. The minimum atomic E-state index is 0.432. The third-order valence-electron chi connectivity index (χ3n) is 3.33. The molecule has 0 aromatic carbocycles. The zero-order valence-electron chi connectivity index (χ0n) is 14.1. The average molecular weight is 311 g/mol. The second-order valence-corrected chi connectivity index (χ2v) is 6.67. The van der Waals surface area contributed by atoms with E-state index >= 15 is 0 Å². The van der Waals surface area contributed by atoms with Crippen molar-refractivity contribution in [2.75, 3.05) is 28.7 Å². The molecule has 0 aliphatic carbocycles. The lowest BCUT2D eigenvalue weighted by Crippen LogP contribution is -2.19. The molecule has 0 bridgehead atoms. The van der Waals surface area contributed by atoms with Gasteiger partial charge in [0.1, 0.15) is 17.5 Å². The van der Waals surface area contributed by atoms with E-state index in [2.05, 4.69) is 55.2 Å². The first-order valence-corrected chi connectivity index (χ1v) is 9.23. The van der Waals surface area contributed by atoms with Crippen LogP contribution in [0.25, 0.3) is 0 Å². The molecule has 0 amide bonds. The Bertz CT molecular complexity index is 423. The van der Waals surface area contributed by atoms with E-state index in [1.807, 2.05) is 11.8 Å². The van der Waals surface area contributed by atoms with Crippen LogP contribution in [0.1, 0.15) is 51.9 Å². The molecule has 0 spiro atoms. The maximum absolute atomic E-state index is 4.66. The molecular formula is C16H30N4S. The maximum Gasteiger partial charge on any atom is 0.134 e. The molecule has 0 aliphatic rings. The van der Waals surface area contributed by atoms with Crippen LogP contribution in [0.15, 0.2) is 0 Å². The van der Waals surface area contributed by atoms with Gasteiger partial charge in [0.15, 0.2) is 0 Å². The third kappa shape index (κ3) is 6.12. The molecule has 4 nitrogen and oxygen atoms in total. The number of aryl methyl sites for hydroxylation is 1. The highest BCUT2D eigenvalue weighted by molar-refractivity contribution is 7.99. The molecule has 1 unspecified atom stereocenters. The number of rotatable bonds is 10. The fraction of sp³-hybridized carbons (Fsp3) is 0.750. The first-order valence-electron chi connectivity index (χ1n) is 8.07. The molecule has 1 rings (SSSR count). The Morgan fingerprint density at radius 1 is 1.14 bits per heavy atom. The smallest absolute Gasteiger partial charge is 0.134 e. The van der Waals surface area contributed by atoms with Crippen LogP contribution in [-0.2, 0) is 6.42 Å². The highest BCUT2D eigenvalue weighted by Crippen LogP contribution is 2.21. The van der Waals surface area contributed by atoms with Crippen molar-refractivity contribution in [3.63, 3.8) is 0 Å². The van der Waals surface area contributed by atoms with E-state index in [9.17, 15) is 0 Å². The molecule has 0 saturated heterocycles. The number of hydrogen-bond acceptors (Lipinski definition) is 5. The molecular weight excluding hydrogens is 280 g/mol. The van der Waals surface area contributed by atoms with Crippen LogP contribution in [0.3, 0.4) is 0 Å². The summed E-state index contributed by atoms with van der Waals surface area (Å²) in [5, 5.41) is 6.96. The number of anilines is 2. The van der Waals surface area contributed by atoms with E-state index in [-0.39, 0.29) is 0 Å². The van der Waals surface area contributed by atoms with Crippen molar-refractivity contribution >= 4 is 23.4 Å². The van der Waals surface area contributed by atoms with Gasteiger partial charge in [0.25, 0.3) is 0 Å². The fourth-order valence-electron chi connectivity index (χ4n) is 1.99. The van der Waals surface area contributed by atoms with Crippen LogP contribution in [0.4, 0.5) is 11.6 Å². The summed E-state index contributed by atoms with van der Waals surface area (Å²) in [4.78, 5) is 9.26. The highest BCUT2D eigenvalue weighted by atomic mass is 32.2. The maximum atomic E-state index is 4.66. The van der Waals surface area contributed by atoms with Crippen molar-refractivity contribution in [3.8, 4) is 0 Å². The van der Waals surface area contributed by atoms with Gasteiger partial charge in [-0.05, 0) is 38.2 Å². The van der Waals surface area contributed by atoms with Gasteiger partial charge in [-0.3, -0.25) is 0 Å². The first kappa shape index (κ1) is 18.1. The normalized spacial score (nSPS) is 12.2. The number of thioether (sulfide) groups is 1. The van der Waals surface area contributed by atoms with E-state index in [0.717, 1.165) is 48.8 Å². The standard InChI is InChI=1S/C16H30N4S/c1-6-10-17-15-13(5)16(20-14(7-2)19-15)18-12(4)9-11-21-8-3/h12H,6-11H2,1-5H3,(H2,17,18,19,20). The quantitative estimate of drug-likeness (QED) is 0.637. The van der Waals surface area contributed by atoms with Crippen molar-refractivity contribution < 1.29 is 0 Å². The van der Waals surface area contributed by atoms with Crippen molar-refractivity contribution in [2.24, 2.45) is 0 Å². The third-order valence-corrected chi connectivity index (χ3v) is 4.27. The molecule has 2 N–H and O–H groups in total. The van der Waals surface area contributed by atoms with E-state index in [1.165, 1.54) is 11.5 Å². The van der Waals surface area contributed by atoms with Crippen LogP contribution >= 0.6 is 11.8 Å². The number of nitrogens with zero attached hydrogens (tertiary/aromatic N) is 2. The van der Waals surface area contributed by atoms with E-state index in [0.29, 0.717) is 6.04 Å². The Hall–Kier alpha value is -0.970. The predicted molar refractivity (Wildman–Crippen MR) is 95.6 cm³/mol. The van der Waals surface area contributed by atoms with Crippen LogP contribution < -0.4 is 10.6 Å². The summed E-state index contributed by atoms with van der Waals surface area (Å²) in [5.41, 5.74) is 1.12. The minimum Gasteiger partial charge on any atom is -0.370 e. The molecule has 120 valence electrons. The Balaban J connectivity index is 2.79. The topological polar surface area (TPSA) is 49.8 Å². The van der Waals surface area contributed by atoms with Crippen LogP contribution in [0, 0.1) is 6.92 Å². The molecule has 21 heavy (non-hydrogen) atoms. The van der Waals surface area contributed by atoms with E-state index in [1.54, 1.807) is 0 Å². The summed E-state index contributed by atoms with van der Waals surface area (Å²) in [6.45, 7) is 11.7. The predicted octanol–water partition coefficient (Wildman–Crippen LogP) is 4.11. The fourth-order valence-corrected chi connectivity index (χ4v) is 2.80. The molecule has 5 heteroatoms. The van der Waals surface area contributed by atoms with Gasteiger partial charge >= 0.3 is 0 Å². The summed E-state index contributed by atoms with van der Waals surface area (Å²) < 4.78 is 0. The average Bonchev–Trinajstić information content (AvgIpc) is 2.48. The van der Waals surface area contributed by atoms with Crippen molar-refractivity contribution in [1.82, 2.24) is 9.97 Å². The van der Waals surface area contributed by atoms with Crippen molar-refractivity contribution in [3.05, 3.63) is 11.4 Å². The molecule has 0 fully saturated rings. The SMILES string of the molecule is CCCNc1nc(CC)nc(NC(C)CCSCC)c1C. The summed E-state index contributed by atoms with van der Waals surface area (Å²) in [6.07, 6.45) is 3.11. The molecule has 0 radical (unpaired) electrons. The van der Waals surface area contributed by atoms with Gasteiger partial charge < -0.3 is 10.6 Å². The summed E-state index contributed by atoms with van der Waals surface area (Å²) in [7, 11) is 0. The molecule has 0 saturated carbocycles. The Morgan fingerprint density at radius 3 is 2.48 bits per heavy atom. The van der Waals surface area contributed by atoms with Gasteiger partial charge in [-0.1, -0.05) is 20.8 Å². The zero-order valence-corrected chi connectivity index (χ0v) is 14.9. The molecule has 1 aromatic heterocycles. The molecule has 1 heterocycles. The molecule has 1 aromatic rings. The monoisotopic (exact) mass is 310 g/mol. The molecule has 0 aliphatic heterocycles. The van der Waals surface area contributed by atoms with Crippen LogP contribution in [0.5, 0.6) is 0 Å². The van der Waals surface area contributed by atoms with Crippen molar-refractivity contribution in [1.29, 1.82) is 0 Å². The van der Waals surface area contributed by atoms with Gasteiger partial charge in [0, 0.05) is 24.6 Å². The summed E-state index contributed by atoms with van der Waals surface area (Å²) >= 11 is 1.99. The second kappa shape index (κ2) is 9.87. The highest BCUT2D eigenvalue weighted by Gasteiger charge is 2.12. The lowest BCUT2D eigenvalue weighted by molar-refractivity contribution is 0.760. The first-order chi connectivity index (χ1) is 10.1. The van der Waals surface area contributed by atoms with Gasteiger partial charge in [-0.25, -0.2) is 9.97 Å². The number of hydrogen-bond donors (Lipinski definition) is 2. The van der Waals surface area contributed by atoms with Crippen molar-refractivity contribution in [2.45, 2.75) is 59.9 Å². The second-order valence-electron chi connectivity index (χ2n) is 5.27. The van der Waals surface area contributed by atoms with Gasteiger partial charge in [0.2, 0.25) is 0 Å². The Labute approximate surface area is 133 Å². The van der Waals surface area contributed by atoms with E-state index in [4.69, 9.17) is 0 Å². The van der Waals surface area contributed by atoms with Gasteiger partial charge in [0.05, 0.1) is 0 Å². The minimum absolute atomic E-state index is 0.432. The number of nitrogens with one attached hydrogen (secondary N) is 2. The van der Waals surface area contributed by atoms with Gasteiger partial charge in [-0.2, -0.15) is 11.8 Å². The Kier molecular flexibility index (Phi) is 8.50. The summed E-state index contributed by atoms with van der Waals surface area (Å²) in [5.74, 6) is 5.23. The lowest BCUT2D eigenvalue weighted by atomic mass is 10.2. The van der Waals surface area contributed by atoms with Crippen LogP contribution in [-0.4, -0.2) is 34.1 Å². The lowest BCUT2D eigenvalue weighted by Gasteiger charge is -2.18. The van der Waals surface area contributed by atoms with Gasteiger partial charge in [-0.15, -0.1) is 0 Å². The summed E-state index contributed by atoms with van der Waals surface area (Å²) in [6, 6.07) is 0.432. The Morgan fingerprint density at radius 2 is 1.86 bits per heavy atom. The van der Waals surface area contributed by atoms with E-state index < -0.39 is 0 Å². The molecule has 1 atom stereocenters. The zero-order chi connectivity index (χ0) is 15.7. The van der Waals surface area contributed by atoms with Crippen LogP contribution in [0.2, 0.25) is 0 Å². The number of aromatic nitrogens is 2.